The van der Waals surface area contributed by atoms with Crippen LogP contribution in [0.25, 0.3) is 10.9 Å². The monoisotopic (exact) mass is 290 g/mol. The Labute approximate surface area is 122 Å². The highest BCUT2D eigenvalue weighted by Gasteiger charge is 2.15. The average Bonchev–Trinajstić information content (AvgIpc) is 2.42. The molecule has 0 fully saturated rings. The summed E-state index contributed by atoms with van der Waals surface area (Å²) >= 11 is 0. The lowest BCUT2D eigenvalue weighted by atomic mass is 10.1. The van der Waals surface area contributed by atoms with Gasteiger partial charge in [0.1, 0.15) is 18.1 Å². The number of likely N-dealkylation sites (N-methyl/N-ethyl adjacent to an activating group) is 1. The van der Waals surface area contributed by atoms with E-state index in [0.717, 1.165) is 6.54 Å². The van der Waals surface area contributed by atoms with E-state index in [4.69, 9.17) is 4.74 Å². The molecule has 0 saturated heterocycles. The highest BCUT2D eigenvalue weighted by atomic mass is 16.5. The van der Waals surface area contributed by atoms with Crippen LogP contribution in [0.15, 0.2) is 23.0 Å². The number of aromatic carboxylic acids is 1. The summed E-state index contributed by atoms with van der Waals surface area (Å²) in [7, 11) is 3.86. The van der Waals surface area contributed by atoms with E-state index in [1.54, 1.807) is 18.2 Å². The number of pyridine rings is 1. The molecule has 1 heterocycles. The zero-order chi connectivity index (χ0) is 15.6. The van der Waals surface area contributed by atoms with Crippen molar-refractivity contribution < 1.29 is 14.6 Å². The van der Waals surface area contributed by atoms with E-state index < -0.39 is 5.97 Å². The van der Waals surface area contributed by atoms with Crippen LogP contribution in [0.1, 0.15) is 16.1 Å². The molecule has 2 N–H and O–H groups in total. The van der Waals surface area contributed by atoms with Crippen LogP contribution in [0.3, 0.4) is 0 Å². The second-order valence-corrected chi connectivity index (χ2v) is 5.09. The third kappa shape index (κ3) is 3.05. The van der Waals surface area contributed by atoms with Gasteiger partial charge in [0.2, 0.25) is 0 Å². The number of hydrogen-bond donors (Lipinski definition) is 2. The Morgan fingerprint density at radius 1 is 1.38 bits per heavy atom. The number of hydrogen-bond acceptors (Lipinski definition) is 4. The van der Waals surface area contributed by atoms with Crippen molar-refractivity contribution in [3.63, 3.8) is 0 Å². The number of fused-ring (bicyclic) bond motifs is 1. The Morgan fingerprint density at radius 3 is 2.71 bits per heavy atom. The summed E-state index contributed by atoms with van der Waals surface area (Å²) in [6.45, 7) is 2.67. The van der Waals surface area contributed by atoms with Gasteiger partial charge in [-0.05, 0) is 33.2 Å². The van der Waals surface area contributed by atoms with Crippen molar-refractivity contribution in [2.24, 2.45) is 0 Å². The Bertz CT molecular complexity index is 734. The topological polar surface area (TPSA) is 82.6 Å². The summed E-state index contributed by atoms with van der Waals surface area (Å²) in [5.74, 6) is -0.677. The van der Waals surface area contributed by atoms with E-state index in [-0.39, 0.29) is 16.7 Å². The van der Waals surface area contributed by atoms with Gasteiger partial charge in [0, 0.05) is 17.5 Å². The molecule has 0 aliphatic heterocycles. The van der Waals surface area contributed by atoms with E-state index in [9.17, 15) is 14.7 Å². The van der Waals surface area contributed by atoms with Crippen LogP contribution in [0.2, 0.25) is 0 Å². The second kappa shape index (κ2) is 5.97. The van der Waals surface area contributed by atoms with Crippen LogP contribution < -0.4 is 10.2 Å². The number of benzene rings is 1. The molecule has 1 aromatic carbocycles. The predicted octanol–water partition coefficient (Wildman–Crippen LogP) is 1.48. The quantitative estimate of drug-likeness (QED) is 0.871. The number of carbonyl (C=O) groups is 1. The van der Waals surface area contributed by atoms with Crippen LogP contribution in [0, 0.1) is 6.92 Å². The lowest BCUT2D eigenvalue weighted by molar-refractivity contribution is 0.0690. The van der Waals surface area contributed by atoms with Crippen molar-refractivity contribution in [3.05, 3.63) is 39.7 Å². The van der Waals surface area contributed by atoms with Crippen molar-refractivity contribution in [2.45, 2.75) is 6.92 Å². The molecule has 2 rings (SSSR count). The number of ether oxygens (including phenoxy) is 1. The van der Waals surface area contributed by atoms with Gasteiger partial charge in [0.05, 0.1) is 5.52 Å². The third-order valence-electron chi connectivity index (χ3n) is 3.25. The number of rotatable bonds is 5. The summed E-state index contributed by atoms with van der Waals surface area (Å²) in [6, 6.07) is 5.10. The first-order valence-electron chi connectivity index (χ1n) is 6.58. The normalized spacial score (nSPS) is 11.0. The van der Waals surface area contributed by atoms with Gasteiger partial charge in [-0.25, -0.2) is 4.79 Å². The van der Waals surface area contributed by atoms with Crippen molar-refractivity contribution in [3.8, 4) is 5.75 Å². The minimum Gasteiger partial charge on any atom is -0.490 e. The molecule has 21 heavy (non-hydrogen) atoms. The molecule has 0 bridgehead atoms. The first-order chi connectivity index (χ1) is 9.91. The van der Waals surface area contributed by atoms with Gasteiger partial charge in [0.15, 0.2) is 5.43 Å². The maximum absolute atomic E-state index is 12.2. The molecular formula is C15H18N2O4. The predicted molar refractivity (Wildman–Crippen MR) is 80.3 cm³/mol. The van der Waals surface area contributed by atoms with E-state index in [2.05, 4.69) is 4.98 Å². The zero-order valence-electron chi connectivity index (χ0n) is 12.3. The second-order valence-electron chi connectivity index (χ2n) is 5.09. The molecule has 0 aliphatic carbocycles. The maximum Gasteiger partial charge on any atom is 0.352 e. The number of carboxylic acid groups (broad SMARTS) is 1. The van der Waals surface area contributed by atoms with Crippen LogP contribution in [0.5, 0.6) is 5.75 Å². The molecular weight excluding hydrogens is 272 g/mol. The zero-order valence-corrected chi connectivity index (χ0v) is 12.3. The molecule has 112 valence electrons. The number of aromatic amines is 1. The standard InChI is InChI=1S/C15H18N2O4/c1-9-12(15(19)20)16-13-10(14(9)18)5-4-6-11(13)21-8-7-17(2)3/h4-6H,7-8H2,1-3H3,(H,16,18)(H,19,20). The molecule has 0 amide bonds. The SMILES string of the molecule is Cc1c(C(=O)O)[nH]c2c(OCCN(C)C)cccc2c1=O. The number of para-hydroxylation sites is 1. The molecule has 0 atom stereocenters. The minimum absolute atomic E-state index is 0.101. The van der Waals surface area contributed by atoms with Gasteiger partial charge in [-0.3, -0.25) is 4.79 Å². The Morgan fingerprint density at radius 2 is 2.10 bits per heavy atom. The van der Waals surface area contributed by atoms with Crippen molar-refractivity contribution >= 4 is 16.9 Å². The largest absolute Gasteiger partial charge is 0.490 e. The van der Waals surface area contributed by atoms with E-state index in [1.165, 1.54) is 6.92 Å². The minimum atomic E-state index is -1.16. The molecule has 1 aromatic heterocycles. The number of aromatic nitrogens is 1. The highest BCUT2D eigenvalue weighted by Crippen LogP contribution is 2.22. The average molecular weight is 290 g/mol. The smallest absolute Gasteiger partial charge is 0.352 e. The maximum atomic E-state index is 12.2. The van der Waals surface area contributed by atoms with Crippen LogP contribution >= 0.6 is 0 Å². The Balaban J connectivity index is 2.53. The molecule has 6 heteroatoms. The fourth-order valence-corrected chi connectivity index (χ4v) is 2.06. The van der Waals surface area contributed by atoms with E-state index >= 15 is 0 Å². The first kappa shape index (κ1) is 15.1. The van der Waals surface area contributed by atoms with Crippen molar-refractivity contribution in [1.29, 1.82) is 0 Å². The van der Waals surface area contributed by atoms with E-state index in [0.29, 0.717) is 23.3 Å². The van der Waals surface area contributed by atoms with Gasteiger partial charge in [-0.2, -0.15) is 0 Å². The van der Waals surface area contributed by atoms with Gasteiger partial charge in [0.25, 0.3) is 0 Å². The number of H-pyrrole nitrogens is 1. The molecule has 0 spiro atoms. The number of nitrogens with one attached hydrogen (secondary N) is 1. The molecule has 0 aliphatic rings. The Kier molecular flexibility index (Phi) is 4.28. The lowest BCUT2D eigenvalue weighted by Crippen LogP contribution is -2.20. The lowest BCUT2D eigenvalue weighted by Gasteiger charge is -2.13. The van der Waals surface area contributed by atoms with Crippen molar-refractivity contribution in [1.82, 2.24) is 9.88 Å². The van der Waals surface area contributed by atoms with Crippen LogP contribution in [-0.2, 0) is 0 Å². The molecule has 2 aromatic rings. The Hall–Kier alpha value is -2.34. The van der Waals surface area contributed by atoms with Gasteiger partial charge in [-0.15, -0.1) is 0 Å². The summed E-state index contributed by atoms with van der Waals surface area (Å²) in [4.78, 5) is 28.2. The fraction of sp³-hybridized carbons (Fsp3) is 0.333. The van der Waals surface area contributed by atoms with Gasteiger partial charge < -0.3 is 19.7 Å². The van der Waals surface area contributed by atoms with Crippen molar-refractivity contribution in [2.75, 3.05) is 27.2 Å². The molecule has 0 radical (unpaired) electrons. The van der Waals surface area contributed by atoms with E-state index in [1.807, 2.05) is 19.0 Å². The molecule has 0 unspecified atom stereocenters. The van der Waals surface area contributed by atoms with Crippen LogP contribution in [0.4, 0.5) is 0 Å². The summed E-state index contributed by atoms with van der Waals surface area (Å²) < 4.78 is 5.65. The van der Waals surface area contributed by atoms with Gasteiger partial charge in [-0.1, -0.05) is 6.07 Å². The summed E-state index contributed by atoms with van der Waals surface area (Å²) in [5, 5.41) is 9.60. The first-order valence-corrected chi connectivity index (χ1v) is 6.58. The van der Waals surface area contributed by atoms with Crippen LogP contribution in [-0.4, -0.2) is 48.2 Å². The highest BCUT2D eigenvalue weighted by molar-refractivity contribution is 5.93. The summed E-state index contributed by atoms with van der Waals surface area (Å²) in [6.07, 6.45) is 0. The summed E-state index contributed by atoms with van der Waals surface area (Å²) in [5.41, 5.74) is 0.222. The fourth-order valence-electron chi connectivity index (χ4n) is 2.06. The third-order valence-corrected chi connectivity index (χ3v) is 3.25. The number of nitrogens with zero attached hydrogens (tertiary/aromatic N) is 1. The number of carboxylic acids is 1. The van der Waals surface area contributed by atoms with Gasteiger partial charge >= 0.3 is 5.97 Å². The molecule has 0 saturated carbocycles. The molecule has 6 nitrogen and oxygen atoms in total.